The highest BCUT2D eigenvalue weighted by Crippen LogP contribution is 2.21. The highest BCUT2D eigenvalue weighted by Gasteiger charge is 2.21. The fourth-order valence-corrected chi connectivity index (χ4v) is 3.20. The number of hydrogen-bond acceptors (Lipinski definition) is 4. The van der Waals surface area contributed by atoms with E-state index >= 15 is 0 Å². The van der Waals surface area contributed by atoms with E-state index < -0.39 is 26.7 Å². The van der Waals surface area contributed by atoms with Gasteiger partial charge in [0.15, 0.2) is 0 Å². The molecule has 0 spiro atoms. The average Bonchev–Trinajstić information content (AvgIpc) is 2.49. The maximum atomic E-state index is 13.8. The van der Waals surface area contributed by atoms with E-state index in [2.05, 4.69) is 32.0 Å². The molecular weight excluding hydrogens is 424 g/mol. The summed E-state index contributed by atoms with van der Waals surface area (Å²) >= 11 is 2.08. The Labute approximate surface area is 140 Å². The maximum Gasteiger partial charge on any atom is 0.337 e. The lowest BCUT2D eigenvalue weighted by Crippen LogP contribution is -2.15. The van der Waals surface area contributed by atoms with Crippen molar-refractivity contribution in [1.82, 2.24) is 0 Å². The van der Waals surface area contributed by atoms with Gasteiger partial charge < -0.3 is 4.74 Å². The van der Waals surface area contributed by atoms with Gasteiger partial charge in [-0.05, 0) is 65.1 Å². The molecule has 116 valence electrons. The molecule has 0 heterocycles. The van der Waals surface area contributed by atoms with E-state index in [1.165, 1.54) is 0 Å². The van der Waals surface area contributed by atoms with E-state index in [-0.39, 0.29) is 5.56 Å². The second kappa shape index (κ2) is 6.61. The first-order valence-corrected chi connectivity index (χ1v) is 8.56. The average molecular weight is 435 g/mol. The minimum absolute atomic E-state index is 0.0492. The fraction of sp³-hybridized carbons (Fsp3) is 0.0714. The lowest BCUT2D eigenvalue weighted by molar-refractivity contribution is 0.0600. The SMILES string of the molecule is COC(=O)c1ccc(F)c(S(=O)(=O)Nc2ccc(I)cc2)c1. The van der Waals surface area contributed by atoms with Crippen molar-refractivity contribution in [3.05, 3.63) is 57.4 Å². The van der Waals surface area contributed by atoms with Gasteiger partial charge in [0.1, 0.15) is 10.7 Å². The summed E-state index contributed by atoms with van der Waals surface area (Å²) in [7, 11) is -3.00. The molecule has 0 aromatic heterocycles. The molecule has 8 heteroatoms. The van der Waals surface area contributed by atoms with Crippen LogP contribution in [0, 0.1) is 9.39 Å². The molecule has 0 amide bonds. The van der Waals surface area contributed by atoms with Crippen LogP contribution in [0.1, 0.15) is 10.4 Å². The molecule has 0 aliphatic heterocycles. The first-order chi connectivity index (χ1) is 10.3. The normalized spacial score (nSPS) is 11.0. The largest absolute Gasteiger partial charge is 0.465 e. The summed E-state index contributed by atoms with van der Waals surface area (Å²) in [6.07, 6.45) is 0. The van der Waals surface area contributed by atoms with Gasteiger partial charge in [0.2, 0.25) is 0 Å². The van der Waals surface area contributed by atoms with E-state index in [0.717, 1.165) is 28.9 Å². The Balaban J connectivity index is 2.40. The molecule has 0 saturated heterocycles. The summed E-state index contributed by atoms with van der Waals surface area (Å²) in [5.41, 5.74) is 0.246. The third kappa shape index (κ3) is 3.74. The molecule has 22 heavy (non-hydrogen) atoms. The zero-order valence-electron chi connectivity index (χ0n) is 11.3. The van der Waals surface area contributed by atoms with Gasteiger partial charge in [-0.15, -0.1) is 0 Å². The monoisotopic (exact) mass is 435 g/mol. The topological polar surface area (TPSA) is 72.5 Å². The highest BCUT2D eigenvalue weighted by molar-refractivity contribution is 14.1. The number of nitrogens with one attached hydrogen (secondary N) is 1. The highest BCUT2D eigenvalue weighted by atomic mass is 127. The Bertz CT molecular complexity index is 806. The molecule has 2 aromatic carbocycles. The van der Waals surface area contributed by atoms with Gasteiger partial charge in [-0.1, -0.05) is 0 Å². The van der Waals surface area contributed by atoms with E-state index in [4.69, 9.17) is 0 Å². The van der Waals surface area contributed by atoms with Crippen molar-refractivity contribution < 1.29 is 22.3 Å². The second-order valence-corrected chi connectivity index (χ2v) is 7.15. The van der Waals surface area contributed by atoms with Gasteiger partial charge in [0.05, 0.1) is 12.7 Å². The van der Waals surface area contributed by atoms with Crippen molar-refractivity contribution >= 4 is 44.3 Å². The summed E-state index contributed by atoms with van der Waals surface area (Å²) in [5, 5.41) is 0. The molecular formula is C14H11FINO4S. The number of benzene rings is 2. The van der Waals surface area contributed by atoms with Crippen molar-refractivity contribution in [2.45, 2.75) is 4.90 Å². The van der Waals surface area contributed by atoms with Crippen LogP contribution in [0.5, 0.6) is 0 Å². The van der Waals surface area contributed by atoms with E-state index in [1.807, 2.05) is 0 Å². The third-order valence-electron chi connectivity index (χ3n) is 2.74. The van der Waals surface area contributed by atoms with Gasteiger partial charge in [0.25, 0.3) is 10.0 Å². The number of anilines is 1. The number of carbonyl (C=O) groups excluding carboxylic acids is 1. The van der Waals surface area contributed by atoms with Crippen molar-refractivity contribution in [2.75, 3.05) is 11.8 Å². The number of halogens is 2. The number of esters is 1. The number of sulfonamides is 1. The number of carbonyl (C=O) groups is 1. The van der Waals surface area contributed by atoms with Crippen LogP contribution in [0.25, 0.3) is 0 Å². The van der Waals surface area contributed by atoms with Crippen LogP contribution >= 0.6 is 22.6 Å². The Morgan fingerprint density at radius 1 is 1.18 bits per heavy atom. The Morgan fingerprint density at radius 3 is 2.41 bits per heavy atom. The summed E-state index contributed by atoms with van der Waals surface area (Å²) in [4.78, 5) is 10.8. The van der Waals surface area contributed by atoms with Crippen LogP contribution in [0.3, 0.4) is 0 Å². The van der Waals surface area contributed by atoms with Crippen LogP contribution in [-0.4, -0.2) is 21.5 Å². The van der Waals surface area contributed by atoms with Crippen molar-refractivity contribution in [3.8, 4) is 0 Å². The Hall–Kier alpha value is -1.68. The van der Waals surface area contributed by atoms with Gasteiger partial charge in [-0.3, -0.25) is 4.72 Å². The zero-order valence-corrected chi connectivity index (χ0v) is 14.3. The number of ether oxygens (including phenoxy) is 1. The predicted octanol–water partition coefficient (Wildman–Crippen LogP) is 3.02. The summed E-state index contributed by atoms with van der Waals surface area (Å²) < 4.78 is 46.0. The fourth-order valence-electron chi connectivity index (χ4n) is 1.68. The molecule has 0 unspecified atom stereocenters. The summed E-state index contributed by atoms with van der Waals surface area (Å²) in [6.45, 7) is 0. The van der Waals surface area contributed by atoms with Crippen LogP contribution in [-0.2, 0) is 14.8 Å². The predicted molar refractivity (Wildman–Crippen MR) is 87.7 cm³/mol. The molecule has 2 rings (SSSR count). The first-order valence-electron chi connectivity index (χ1n) is 6.00. The van der Waals surface area contributed by atoms with Gasteiger partial charge in [-0.2, -0.15) is 0 Å². The molecule has 0 radical (unpaired) electrons. The first kappa shape index (κ1) is 16.7. The Kier molecular flexibility index (Phi) is 5.01. The molecule has 0 aliphatic carbocycles. The molecule has 0 aliphatic rings. The van der Waals surface area contributed by atoms with Gasteiger partial charge in [-0.25, -0.2) is 17.6 Å². The Morgan fingerprint density at radius 2 is 1.82 bits per heavy atom. The second-order valence-electron chi connectivity index (χ2n) is 4.25. The smallest absolute Gasteiger partial charge is 0.337 e. The van der Waals surface area contributed by atoms with Crippen LogP contribution in [0.15, 0.2) is 47.4 Å². The number of rotatable bonds is 4. The molecule has 1 N–H and O–H groups in total. The lowest BCUT2D eigenvalue weighted by Gasteiger charge is -2.10. The van der Waals surface area contributed by atoms with Crippen LogP contribution < -0.4 is 4.72 Å². The molecule has 0 fully saturated rings. The third-order valence-corrected chi connectivity index (χ3v) is 4.85. The molecule has 2 aromatic rings. The van der Waals surface area contributed by atoms with E-state index in [0.29, 0.717) is 5.69 Å². The number of hydrogen-bond donors (Lipinski definition) is 1. The minimum atomic E-state index is -4.16. The van der Waals surface area contributed by atoms with Gasteiger partial charge >= 0.3 is 5.97 Å². The van der Waals surface area contributed by atoms with E-state index in [1.54, 1.807) is 24.3 Å². The maximum absolute atomic E-state index is 13.8. The summed E-state index contributed by atoms with van der Waals surface area (Å²) in [6, 6.07) is 9.54. The zero-order chi connectivity index (χ0) is 16.3. The van der Waals surface area contributed by atoms with Crippen molar-refractivity contribution in [2.24, 2.45) is 0 Å². The number of methoxy groups -OCH3 is 1. The van der Waals surface area contributed by atoms with Gasteiger partial charge in [0, 0.05) is 9.26 Å². The van der Waals surface area contributed by atoms with Crippen molar-refractivity contribution in [1.29, 1.82) is 0 Å². The summed E-state index contributed by atoms with van der Waals surface area (Å²) in [5.74, 6) is -1.70. The molecule has 0 bridgehead atoms. The molecule has 5 nitrogen and oxygen atoms in total. The van der Waals surface area contributed by atoms with Crippen LogP contribution in [0.4, 0.5) is 10.1 Å². The molecule has 0 saturated carbocycles. The van der Waals surface area contributed by atoms with Crippen molar-refractivity contribution in [3.63, 3.8) is 0 Å². The standard InChI is InChI=1S/C14H11FINO4S/c1-21-14(18)9-2-7-12(15)13(8-9)22(19,20)17-11-5-3-10(16)4-6-11/h2-8,17H,1H3. The minimum Gasteiger partial charge on any atom is -0.465 e. The molecule has 0 atom stereocenters. The lowest BCUT2D eigenvalue weighted by atomic mass is 10.2. The van der Waals surface area contributed by atoms with Crippen LogP contribution in [0.2, 0.25) is 0 Å². The quantitative estimate of drug-likeness (QED) is 0.592. The van der Waals surface area contributed by atoms with E-state index in [9.17, 15) is 17.6 Å².